The Hall–Kier alpha value is -4.18. The molecule has 1 fully saturated rings. The van der Waals surface area contributed by atoms with Crippen LogP contribution in [0.5, 0.6) is 0 Å². The van der Waals surface area contributed by atoms with Crippen LogP contribution >= 0.6 is 0 Å². The molecule has 0 aliphatic carbocycles. The molecule has 0 bridgehead atoms. The molecule has 1 aliphatic rings. The molecule has 222 valence electrons. The van der Waals surface area contributed by atoms with Gasteiger partial charge in [0.05, 0.1) is 12.7 Å². The predicted octanol–water partition coefficient (Wildman–Crippen LogP) is 4.48. The Labute approximate surface area is 252 Å². The van der Waals surface area contributed by atoms with Crippen molar-refractivity contribution in [3.63, 3.8) is 0 Å². The van der Waals surface area contributed by atoms with Crippen LogP contribution in [0.15, 0.2) is 102 Å². The van der Waals surface area contributed by atoms with Gasteiger partial charge in [0.15, 0.2) is 0 Å². The van der Waals surface area contributed by atoms with Crippen LogP contribution in [0.25, 0.3) is 0 Å². The molecule has 43 heavy (non-hydrogen) atoms. The van der Waals surface area contributed by atoms with E-state index in [9.17, 15) is 14.4 Å². The van der Waals surface area contributed by atoms with Crippen LogP contribution in [0.4, 0.5) is 5.82 Å². The first-order valence-electron chi connectivity index (χ1n) is 14.5. The number of hydrogen-bond donors (Lipinski definition) is 1. The SMILES string of the molecule is Cc1cn([C@H]2C[C@H](C=O)[C@@H](CO[Si](c3ccccc3)(c3ccccc3)C(C)(C)C)O2)c(=O)nc1NC(=O)c1ccccc1. The van der Waals surface area contributed by atoms with Gasteiger partial charge in [0.25, 0.3) is 14.2 Å². The van der Waals surface area contributed by atoms with Gasteiger partial charge < -0.3 is 19.3 Å². The number of nitrogens with one attached hydrogen (secondary N) is 1. The summed E-state index contributed by atoms with van der Waals surface area (Å²) in [6.45, 7) is 8.54. The number of carbonyl (C=O) groups is 2. The number of aromatic nitrogens is 2. The summed E-state index contributed by atoms with van der Waals surface area (Å²) in [5.74, 6) is -0.633. The average molecular weight is 596 g/mol. The van der Waals surface area contributed by atoms with Crippen LogP contribution in [0, 0.1) is 12.8 Å². The number of amides is 1. The summed E-state index contributed by atoms with van der Waals surface area (Å²) >= 11 is 0. The highest BCUT2D eigenvalue weighted by molar-refractivity contribution is 6.99. The lowest BCUT2D eigenvalue weighted by Crippen LogP contribution is -2.67. The topological polar surface area (TPSA) is 99.5 Å². The van der Waals surface area contributed by atoms with Crippen molar-refractivity contribution in [3.05, 3.63) is 119 Å². The van der Waals surface area contributed by atoms with E-state index >= 15 is 0 Å². The molecular formula is C34H37N3O5Si. The lowest BCUT2D eigenvalue weighted by atomic mass is 10.0. The van der Waals surface area contributed by atoms with Gasteiger partial charge in [-0.15, -0.1) is 0 Å². The number of anilines is 1. The summed E-state index contributed by atoms with van der Waals surface area (Å²) in [4.78, 5) is 42.1. The Bertz CT molecular complexity index is 1580. The van der Waals surface area contributed by atoms with Crippen molar-refractivity contribution in [1.29, 1.82) is 0 Å². The van der Waals surface area contributed by atoms with E-state index in [0.29, 0.717) is 17.5 Å². The van der Waals surface area contributed by atoms with Crippen molar-refractivity contribution >= 4 is 36.7 Å². The quantitative estimate of drug-likeness (QED) is 0.226. The van der Waals surface area contributed by atoms with Gasteiger partial charge in [-0.05, 0) is 34.5 Å². The zero-order valence-corrected chi connectivity index (χ0v) is 25.9. The molecule has 0 spiro atoms. The minimum atomic E-state index is -2.85. The fourth-order valence-electron chi connectivity index (χ4n) is 5.87. The first-order valence-corrected chi connectivity index (χ1v) is 16.4. The van der Waals surface area contributed by atoms with Crippen LogP contribution in [-0.2, 0) is 14.0 Å². The van der Waals surface area contributed by atoms with Crippen molar-refractivity contribution in [2.24, 2.45) is 5.92 Å². The summed E-state index contributed by atoms with van der Waals surface area (Å²) in [5.41, 5.74) is 0.490. The molecule has 1 saturated heterocycles. The summed E-state index contributed by atoms with van der Waals surface area (Å²) in [6, 6.07) is 29.3. The fourth-order valence-corrected chi connectivity index (χ4v) is 10.4. The van der Waals surface area contributed by atoms with E-state index in [1.54, 1.807) is 37.4 Å². The largest absolute Gasteiger partial charge is 0.405 e. The highest BCUT2D eigenvalue weighted by atomic mass is 28.4. The molecule has 0 radical (unpaired) electrons. The molecule has 3 atom stereocenters. The molecule has 0 saturated carbocycles. The number of benzene rings is 3. The third-order valence-electron chi connectivity index (χ3n) is 8.05. The Balaban J connectivity index is 1.39. The summed E-state index contributed by atoms with van der Waals surface area (Å²) < 4.78 is 14.8. The second-order valence-electron chi connectivity index (χ2n) is 11.9. The zero-order chi connectivity index (χ0) is 30.6. The second kappa shape index (κ2) is 12.6. The van der Waals surface area contributed by atoms with Gasteiger partial charge in [-0.2, -0.15) is 4.98 Å². The molecule has 1 aromatic heterocycles. The Morgan fingerprint density at radius 3 is 2.09 bits per heavy atom. The lowest BCUT2D eigenvalue weighted by Gasteiger charge is -2.43. The lowest BCUT2D eigenvalue weighted by molar-refractivity contribution is -0.113. The Morgan fingerprint density at radius 2 is 1.56 bits per heavy atom. The molecule has 0 unspecified atom stereocenters. The van der Waals surface area contributed by atoms with E-state index in [4.69, 9.17) is 9.16 Å². The standard InChI is InChI=1S/C34H37N3O5Si/c1-24-21-37(33(40)36-31(24)35-32(39)25-14-8-5-9-15-25)30-20-26(22-38)29(42-30)23-41-43(34(2,3)4,27-16-10-6-11-17-27)28-18-12-7-13-19-28/h5-19,21-22,26,29-30H,20,23H2,1-4H3,(H,35,36,39,40)/t26-,29-,30-/m1/s1. The van der Waals surface area contributed by atoms with Crippen LogP contribution in [-0.4, -0.2) is 42.8 Å². The van der Waals surface area contributed by atoms with E-state index in [0.717, 1.165) is 16.7 Å². The third-order valence-corrected chi connectivity index (χ3v) is 13.1. The number of nitrogens with zero attached hydrogens (tertiary/aromatic N) is 2. The van der Waals surface area contributed by atoms with Gasteiger partial charge in [-0.3, -0.25) is 9.36 Å². The van der Waals surface area contributed by atoms with Crippen LogP contribution in [0.1, 0.15) is 49.3 Å². The normalized spacial score (nSPS) is 18.7. The van der Waals surface area contributed by atoms with Crippen molar-refractivity contribution in [1.82, 2.24) is 9.55 Å². The minimum Gasteiger partial charge on any atom is -0.405 e. The monoisotopic (exact) mass is 595 g/mol. The van der Waals surface area contributed by atoms with Crippen LogP contribution < -0.4 is 21.4 Å². The van der Waals surface area contributed by atoms with Gasteiger partial charge in [-0.25, -0.2) is 4.79 Å². The van der Waals surface area contributed by atoms with E-state index in [1.807, 2.05) is 42.5 Å². The number of carbonyl (C=O) groups excluding carboxylic acids is 2. The summed E-state index contributed by atoms with van der Waals surface area (Å²) in [5, 5.41) is 4.76. The highest BCUT2D eigenvalue weighted by Gasteiger charge is 2.51. The zero-order valence-electron chi connectivity index (χ0n) is 24.9. The molecule has 9 heteroatoms. The number of hydrogen-bond acceptors (Lipinski definition) is 6. The molecule has 3 aromatic carbocycles. The van der Waals surface area contributed by atoms with Gasteiger partial charge in [-0.1, -0.05) is 99.6 Å². The first kappa shape index (κ1) is 30.3. The van der Waals surface area contributed by atoms with E-state index in [1.165, 1.54) is 4.57 Å². The van der Waals surface area contributed by atoms with Crippen molar-refractivity contribution in [3.8, 4) is 0 Å². The Kier molecular flexibility index (Phi) is 8.86. The highest BCUT2D eigenvalue weighted by Crippen LogP contribution is 2.39. The maximum Gasteiger partial charge on any atom is 0.351 e. The molecule has 2 heterocycles. The first-order chi connectivity index (χ1) is 20.6. The fraction of sp³-hybridized carbons (Fsp3) is 0.294. The molecular weight excluding hydrogens is 558 g/mol. The third kappa shape index (κ3) is 6.15. The maximum absolute atomic E-state index is 13.1. The van der Waals surface area contributed by atoms with Crippen LogP contribution in [0.2, 0.25) is 5.04 Å². The second-order valence-corrected chi connectivity index (χ2v) is 16.2. The molecule has 1 amide bonds. The molecule has 5 rings (SSSR count). The van der Waals surface area contributed by atoms with Crippen molar-refractivity contribution in [2.75, 3.05) is 11.9 Å². The summed E-state index contributed by atoms with van der Waals surface area (Å²) in [6.07, 6.45) is 1.58. The van der Waals surface area contributed by atoms with E-state index < -0.39 is 32.3 Å². The number of rotatable bonds is 9. The van der Waals surface area contributed by atoms with Crippen molar-refractivity contribution < 1.29 is 18.8 Å². The molecule has 1 aliphatic heterocycles. The average Bonchev–Trinajstić information content (AvgIpc) is 3.43. The molecule has 8 nitrogen and oxygen atoms in total. The molecule has 4 aromatic rings. The maximum atomic E-state index is 13.1. The van der Waals surface area contributed by atoms with Crippen LogP contribution in [0.3, 0.4) is 0 Å². The van der Waals surface area contributed by atoms with E-state index in [-0.39, 0.29) is 23.4 Å². The van der Waals surface area contributed by atoms with Gasteiger partial charge >= 0.3 is 5.69 Å². The predicted molar refractivity (Wildman–Crippen MR) is 169 cm³/mol. The van der Waals surface area contributed by atoms with Gasteiger partial charge in [0, 0.05) is 29.7 Å². The van der Waals surface area contributed by atoms with E-state index in [2.05, 4.69) is 55.3 Å². The van der Waals surface area contributed by atoms with Gasteiger partial charge in [0.2, 0.25) is 0 Å². The molecule has 1 N–H and O–H groups in total. The summed E-state index contributed by atoms with van der Waals surface area (Å²) in [7, 11) is -2.85. The van der Waals surface area contributed by atoms with Crippen molar-refractivity contribution in [2.45, 2.75) is 51.5 Å². The number of aldehydes is 1. The smallest absolute Gasteiger partial charge is 0.351 e. The Morgan fingerprint density at radius 1 is 1.00 bits per heavy atom. The number of ether oxygens (including phenoxy) is 1. The van der Waals surface area contributed by atoms with Gasteiger partial charge in [0.1, 0.15) is 18.3 Å². The number of aryl methyl sites for hydroxylation is 1. The minimum absolute atomic E-state index is 0.187.